The second-order valence-electron chi connectivity index (χ2n) is 6.05. The first-order valence-corrected chi connectivity index (χ1v) is 7.40. The van der Waals surface area contributed by atoms with Crippen molar-refractivity contribution in [2.75, 3.05) is 5.32 Å². The third kappa shape index (κ3) is 2.28. The summed E-state index contributed by atoms with van der Waals surface area (Å²) in [6.45, 7) is 0. The standard InChI is InChI=1S/C15H19N5/c1-20-15(17-18-19-20)12-3-2-4-13(9-12)16-14(10-5-6-10)11-7-8-11/h2-4,9-11,14,16H,5-8H2,1H3. The Balaban J connectivity index is 1.57. The van der Waals surface area contributed by atoms with Crippen molar-refractivity contribution in [3.63, 3.8) is 0 Å². The second kappa shape index (κ2) is 4.58. The number of aryl methyl sites for hydroxylation is 1. The molecule has 5 heteroatoms. The molecule has 2 aliphatic carbocycles. The molecule has 2 aliphatic rings. The van der Waals surface area contributed by atoms with Crippen LogP contribution < -0.4 is 5.32 Å². The maximum Gasteiger partial charge on any atom is 0.181 e. The van der Waals surface area contributed by atoms with Crippen molar-refractivity contribution in [3.05, 3.63) is 24.3 Å². The maximum atomic E-state index is 4.08. The van der Waals surface area contributed by atoms with Gasteiger partial charge in [-0.05, 0) is 60.1 Å². The fourth-order valence-electron chi connectivity index (χ4n) is 2.95. The van der Waals surface area contributed by atoms with E-state index in [1.54, 1.807) is 4.68 Å². The molecule has 2 aromatic rings. The lowest BCUT2D eigenvalue weighted by atomic mass is 10.1. The molecule has 0 spiro atoms. The van der Waals surface area contributed by atoms with Crippen LogP contribution in [-0.2, 0) is 7.05 Å². The van der Waals surface area contributed by atoms with Gasteiger partial charge in [-0.2, -0.15) is 0 Å². The van der Waals surface area contributed by atoms with E-state index in [-0.39, 0.29) is 0 Å². The Morgan fingerprint density at radius 2 is 1.95 bits per heavy atom. The van der Waals surface area contributed by atoms with Gasteiger partial charge in [-0.25, -0.2) is 4.68 Å². The number of rotatable bonds is 5. The summed E-state index contributed by atoms with van der Waals surface area (Å²) >= 11 is 0. The highest BCUT2D eigenvalue weighted by molar-refractivity contribution is 5.62. The average Bonchev–Trinajstić information content (AvgIpc) is 3.35. The van der Waals surface area contributed by atoms with Crippen LogP contribution in [0, 0.1) is 11.8 Å². The molecule has 1 aromatic carbocycles. The summed E-state index contributed by atoms with van der Waals surface area (Å²) in [5.41, 5.74) is 2.25. The van der Waals surface area contributed by atoms with Gasteiger partial charge in [0, 0.05) is 24.3 Å². The van der Waals surface area contributed by atoms with Gasteiger partial charge in [0.25, 0.3) is 0 Å². The van der Waals surface area contributed by atoms with Crippen molar-refractivity contribution in [2.24, 2.45) is 18.9 Å². The summed E-state index contributed by atoms with van der Waals surface area (Å²) in [6.07, 6.45) is 5.56. The van der Waals surface area contributed by atoms with Crippen molar-refractivity contribution in [1.29, 1.82) is 0 Å². The van der Waals surface area contributed by atoms with Gasteiger partial charge in [0.15, 0.2) is 5.82 Å². The predicted octanol–water partition coefficient (Wildman–Crippen LogP) is 2.48. The zero-order valence-corrected chi connectivity index (χ0v) is 11.7. The Morgan fingerprint density at radius 3 is 2.55 bits per heavy atom. The third-order valence-corrected chi connectivity index (χ3v) is 4.33. The van der Waals surface area contributed by atoms with E-state index in [0.29, 0.717) is 6.04 Å². The van der Waals surface area contributed by atoms with E-state index in [1.165, 1.54) is 31.4 Å². The van der Waals surface area contributed by atoms with Crippen LogP contribution >= 0.6 is 0 Å². The molecule has 2 fully saturated rings. The molecule has 1 heterocycles. The van der Waals surface area contributed by atoms with Crippen molar-refractivity contribution in [3.8, 4) is 11.4 Å². The molecular weight excluding hydrogens is 250 g/mol. The lowest BCUT2D eigenvalue weighted by molar-refractivity contribution is 0.568. The van der Waals surface area contributed by atoms with Crippen molar-refractivity contribution in [2.45, 2.75) is 31.7 Å². The van der Waals surface area contributed by atoms with Crippen LogP contribution in [0.3, 0.4) is 0 Å². The molecule has 0 saturated heterocycles. The molecule has 0 amide bonds. The zero-order chi connectivity index (χ0) is 13.5. The predicted molar refractivity (Wildman–Crippen MR) is 77.1 cm³/mol. The third-order valence-electron chi connectivity index (χ3n) is 4.33. The van der Waals surface area contributed by atoms with Gasteiger partial charge in [-0.3, -0.25) is 0 Å². The Hall–Kier alpha value is -1.91. The summed E-state index contributed by atoms with van der Waals surface area (Å²) in [5.74, 6) is 2.59. The lowest BCUT2D eigenvalue weighted by Gasteiger charge is -2.19. The molecule has 5 nitrogen and oxygen atoms in total. The highest BCUT2D eigenvalue weighted by Gasteiger charge is 2.41. The number of benzene rings is 1. The molecule has 0 aliphatic heterocycles. The average molecular weight is 269 g/mol. The van der Waals surface area contributed by atoms with Gasteiger partial charge in [0.1, 0.15) is 0 Å². The fourth-order valence-corrected chi connectivity index (χ4v) is 2.95. The SMILES string of the molecule is Cn1nnnc1-c1cccc(NC(C2CC2)C2CC2)c1. The number of nitrogens with zero attached hydrogens (tertiary/aromatic N) is 4. The normalized spacial score (nSPS) is 18.5. The number of tetrazole rings is 1. The Bertz CT molecular complexity index is 600. The van der Waals surface area contributed by atoms with Crippen LogP contribution in [0.25, 0.3) is 11.4 Å². The van der Waals surface area contributed by atoms with Crippen LogP contribution in [0.5, 0.6) is 0 Å². The molecule has 0 unspecified atom stereocenters. The fraction of sp³-hybridized carbons (Fsp3) is 0.533. The van der Waals surface area contributed by atoms with Gasteiger partial charge in [0.05, 0.1) is 0 Å². The van der Waals surface area contributed by atoms with Crippen LogP contribution in [0.1, 0.15) is 25.7 Å². The highest BCUT2D eigenvalue weighted by Crippen LogP contribution is 2.45. The Morgan fingerprint density at radius 1 is 1.20 bits per heavy atom. The zero-order valence-electron chi connectivity index (χ0n) is 11.7. The maximum absolute atomic E-state index is 4.08. The van der Waals surface area contributed by atoms with E-state index in [4.69, 9.17) is 0 Å². The first-order valence-electron chi connectivity index (χ1n) is 7.40. The second-order valence-corrected chi connectivity index (χ2v) is 6.05. The van der Waals surface area contributed by atoms with E-state index >= 15 is 0 Å². The lowest BCUT2D eigenvalue weighted by Crippen LogP contribution is -2.24. The van der Waals surface area contributed by atoms with Crippen LogP contribution in [-0.4, -0.2) is 26.2 Å². The topological polar surface area (TPSA) is 55.6 Å². The first kappa shape index (κ1) is 11.9. The van der Waals surface area contributed by atoms with E-state index in [9.17, 15) is 0 Å². The first-order chi connectivity index (χ1) is 9.81. The number of nitrogens with one attached hydrogen (secondary N) is 1. The molecule has 2 saturated carbocycles. The van der Waals surface area contributed by atoms with Crippen molar-refractivity contribution >= 4 is 5.69 Å². The van der Waals surface area contributed by atoms with E-state index in [1.807, 2.05) is 7.05 Å². The molecule has 0 radical (unpaired) electrons. The minimum atomic E-state index is 0.669. The summed E-state index contributed by atoms with van der Waals surface area (Å²) in [6, 6.07) is 9.10. The molecule has 104 valence electrons. The molecule has 0 bridgehead atoms. The molecule has 20 heavy (non-hydrogen) atoms. The largest absolute Gasteiger partial charge is 0.382 e. The van der Waals surface area contributed by atoms with Crippen molar-refractivity contribution in [1.82, 2.24) is 20.2 Å². The van der Waals surface area contributed by atoms with Crippen LogP contribution in [0.2, 0.25) is 0 Å². The van der Waals surface area contributed by atoms with Gasteiger partial charge in [-0.15, -0.1) is 5.10 Å². The summed E-state index contributed by atoms with van der Waals surface area (Å²) < 4.78 is 1.71. The van der Waals surface area contributed by atoms with Gasteiger partial charge < -0.3 is 5.32 Å². The summed E-state index contributed by atoms with van der Waals surface area (Å²) in [5, 5.41) is 15.4. The molecule has 1 N–H and O–H groups in total. The van der Waals surface area contributed by atoms with E-state index < -0.39 is 0 Å². The van der Waals surface area contributed by atoms with E-state index in [0.717, 1.165) is 23.2 Å². The van der Waals surface area contributed by atoms with Crippen LogP contribution in [0.15, 0.2) is 24.3 Å². The number of hydrogen-bond donors (Lipinski definition) is 1. The molecule has 0 atom stereocenters. The number of hydrogen-bond acceptors (Lipinski definition) is 4. The van der Waals surface area contributed by atoms with E-state index in [2.05, 4.69) is 45.1 Å². The molecular formula is C15H19N5. The van der Waals surface area contributed by atoms with Crippen molar-refractivity contribution < 1.29 is 0 Å². The monoisotopic (exact) mass is 269 g/mol. The minimum absolute atomic E-state index is 0.669. The Kier molecular flexibility index (Phi) is 2.72. The smallest absolute Gasteiger partial charge is 0.181 e. The van der Waals surface area contributed by atoms with Gasteiger partial charge in [0.2, 0.25) is 0 Å². The summed E-state index contributed by atoms with van der Waals surface area (Å²) in [4.78, 5) is 0. The quantitative estimate of drug-likeness (QED) is 0.906. The van der Waals surface area contributed by atoms with Gasteiger partial charge in [-0.1, -0.05) is 12.1 Å². The minimum Gasteiger partial charge on any atom is -0.382 e. The molecule has 1 aromatic heterocycles. The van der Waals surface area contributed by atoms with Crippen LogP contribution in [0.4, 0.5) is 5.69 Å². The number of anilines is 1. The highest BCUT2D eigenvalue weighted by atomic mass is 15.5. The number of aromatic nitrogens is 4. The van der Waals surface area contributed by atoms with Gasteiger partial charge >= 0.3 is 0 Å². The summed E-state index contributed by atoms with van der Waals surface area (Å²) in [7, 11) is 1.87. The molecule has 4 rings (SSSR count). The Labute approximate surface area is 118 Å².